The van der Waals surface area contributed by atoms with Crippen LogP contribution in [0.2, 0.25) is 5.28 Å². The van der Waals surface area contributed by atoms with Crippen molar-refractivity contribution in [1.82, 2.24) is 34.6 Å². The predicted molar refractivity (Wildman–Crippen MR) is 78.5 cm³/mol. The van der Waals surface area contributed by atoms with Gasteiger partial charge in [-0.3, -0.25) is 4.90 Å². The maximum absolute atomic E-state index is 5.93. The van der Waals surface area contributed by atoms with Crippen molar-refractivity contribution < 1.29 is 0 Å². The van der Waals surface area contributed by atoms with Crippen LogP contribution in [0.3, 0.4) is 0 Å². The van der Waals surface area contributed by atoms with Gasteiger partial charge in [0.25, 0.3) is 5.95 Å². The molecule has 0 aromatic carbocycles. The minimum absolute atomic E-state index is 0.126. The Bertz CT molecular complexity index is 597. The van der Waals surface area contributed by atoms with Crippen LogP contribution in [0.1, 0.15) is 19.8 Å². The van der Waals surface area contributed by atoms with Crippen molar-refractivity contribution >= 4 is 17.5 Å². The molecule has 21 heavy (non-hydrogen) atoms. The summed E-state index contributed by atoms with van der Waals surface area (Å²) in [5.74, 6) is 0.787. The summed E-state index contributed by atoms with van der Waals surface area (Å²) in [7, 11) is 2.14. The molecule has 112 valence electrons. The lowest BCUT2D eigenvalue weighted by molar-refractivity contribution is 0.257. The quantitative estimate of drug-likeness (QED) is 0.852. The average molecular weight is 309 g/mol. The topological polar surface area (TPSA) is 84.7 Å². The molecule has 0 aliphatic heterocycles. The van der Waals surface area contributed by atoms with E-state index in [0.717, 1.165) is 12.6 Å². The highest BCUT2D eigenvalue weighted by molar-refractivity contribution is 6.28. The van der Waals surface area contributed by atoms with Crippen LogP contribution in [0.4, 0.5) is 5.95 Å². The fourth-order valence-corrected chi connectivity index (χ4v) is 2.21. The first kappa shape index (κ1) is 14.2. The first-order valence-electron chi connectivity index (χ1n) is 6.86. The molecule has 1 aliphatic rings. The van der Waals surface area contributed by atoms with Crippen molar-refractivity contribution in [3.8, 4) is 5.95 Å². The third kappa shape index (κ3) is 3.45. The number of anilines is 1. The minimum atomic E-state index is 0.126. The van der Waals surface area contributed by atoms with Crippen molar-refractivity contribution in [3.05, 3.63) is 17.9 Å². The van der Waals surface area contributed by atoms with Crippen molar-refractivity contribution in [3.63, 3.8) is 0 Å². The first-order valence-corrected chi connectivity index (χ1v) is 7.23. The molecule has 3 rings (SSSR count). The van der Waals surface area contributed by atoms with Crippen LogP contribution < -0.4 is 5.32 Å². The molecule has 2 aromatic heterocycles. The summed E-state index contributed by atoms with van der Waals surface area (Å²) in [6, 6.07) is 1.11. The third-order valence-electron chi connectivity index (χ3n) is 3.59. The van der Waals surface area contributed by atoms with E-state index in [-0.39, 0.29) is 5.28 Å². The van der Waals surface area contributed by atoms with Crippen molar-refractivity contribution in [1.29, 1.82) is 0 Å². The second-order valence-electron chi connectivity index (χ2n) is 5.19. The van der Waals surface area contributed by atoms with Crippen LogP contribution in [0.5, 0.6) is 0 Å². The lowest BCUT2D eigenvalue weighted by Crippen LogP contribution is -2.36. The van der Waals surface area contributed by atoms with Crippen LogP contribution in [0.15, 0.2) is 12.7 Å². The molecule has 0 spiro atoms. The molecule has 0 amide bonds. The van der Waals surface area contributed by atoms with E-state index in [2.05, 4.69) is 49.2 Å². The molecule has 1 unspecified atom stereocenters. The lowest BCUT2D eigenvalue weighted by atomic mass is 10.3. The van der Waals surface area contributed by atoms with Crippen LogP contribution in [0, 0.1) is 0 Å². The van der Waals surface area contributed by atoms with Crippen LogP contribution in [-0.4, -0.2) is 60.3 Å². The summed E-state index contributed by atoms with van der Waals surface area (Å²) in [5, 5.41) is 7.31. The lowest BCUT2D eigenvalue weighted by Gasteiger charge is -2.24. The molecule has 8 nitrogen and oxygen atoms in total. The zero-order chi connectivity index (χ0) is 14.8. The van der Waals surface area contributed by atoms with Gasteiger partial charge < -0.3 is 5.32 Å². The smallest absolute Gasteiger partial charge is 0.258 e. The van der Waals surface area contributed by atoms with Gasteiger partial charge in [-0.1, -0.05) is 0 Å². The van der Waals surface area contributed by atoms with Crippen molar-refractivity contribution in [2.75, 3.05) is 18.9 Å². The number of halogens is 1. The second-order valence-corrected chi connectivity index (χ2v) is 5.53. The molecule has 2 heterocycles. The number of hydrogen-bond acceptors (Lipinski definition) is 7. The fourth-order valence-electron chi connectivity index (χ4n) is 2.06. The summed E-state index contributed by atoms with van der Waals surface area (Å²) in [6.07, 6.45) is 5.50. The highest BCUT2D eigenvalue weighted by Crippen LogP contribution is 2.26. The van der Waals surface area contributed by atoms with Crippen molar-refractivity contribution in [2.45, 2.75) is 31.8 Å². The Kier molecular flexibility index (Phi) is 3.98. The second kappa shape index (κ2) is 5.90. The molecule has 1 saturated carbocycles. The molecule has 0 radical (unpaired) electrons. The molecule has 0 saturated heterocycles. The van der Waals surface area contributed by atoms with Crippen LogP contribution in [-0.2, 0) is 0 Å². The maximum atomic E-state index is 5.93. The number of likely N-dealkylation sites (N-methyl/N-ethyl adjacent to an activating group) is 1. The normalized spacial score (nSPS) is 16.2. The first-order chi connectivity index (χ1) is 10.1. The molecule has 1 N–H and O–H groups in total. The number of rotatable bonds is 6. The highest BCUT2D eigenvalue weighted by atomic mass is 35.5. The Morgan fingerprint density at radius 3 is 2.90 bits per heavy atom. The van der Waals surface area contributed by atoms with E-state index in [0.29, 0.717) is 17.9 Å². The van der Waals surface area contributed by atoms with Gasteiger partial charge in [0, 0.05) is 18.6 Å². The van der Waals surface area contributed by atoms with Crippen LogP contribution >= 0.6 is 11.6 Å². The maximum Gasteiger partial charge on any atom is 0.258 e. The Labute approximate surface area is 127 Å². The number of nitrogens with zero attached hydrogens (tertiary/aromatic N) is 7. The van der Waals surface area contributed by atoms with Gasteiger partial charge in [0.15, 0.2) is 0 Å². The van der Waals surface area contributed by atoms with E-state index in [1.54, 1.807) is 0 Å². The molecular formula is C12H17ClN8. The predicted octanol–water partition coefficient (Wildman–Crippen LogP) is 1.00. The minimum Gasteiger partial charge on any atom is -0.352 e. The van der Waals surface area contributed by atoms with E-state index in [1.807, 2.05) is 0 Å². The standard InChI is InChI=1S/C12H17ClN8/c1-8(20(2)9-3-4-9)5-15-11-17-10(13)18-12(19-11)21-7-14-6-16-21/h6-9H,3-5H2,1-2H3,(H,15,17,18,19). The molecule has 0 bridgehead atoms. The third-order valence-corrected chi connectivity index (χ3v) is 3.76. The largest absolute Gasteiger partial charge is 0.352 e. The number of aromatic nitrogens is 6. The summed E-state index contributed by atoms with van der Waals surface area (Å²) < 4.78 is 1.44. The van der Waals surface area contributed by atoms with Gasteiger partial charge in [-0.05, 0) is 38.4 Å². The molecule has 1 aliphatic carbocycles. The molecule has 9 heteroatoms. The Balaban J connectivity index is 1.67. The Hall–Kier alpha value is -1.80. The summed E-state index contributed by atoms with van der Waals surface area (Å²) >= 11 is 5.93. The Morgan fingerprint density at radius 1 is 1.43 bits per heavy atom. The SMILES string of the molecule is CC(CNc1nc(Cl)nc(-n2cncn2)n1)N(C)C1CC1. The number of hydrogen-bond donors (Lipinski definition) is 1. The van der Waals surface area contributed by atoms with E-state index < -0.39 is 0 Å². The zero-order valence-corrected chi connectivity index (χ0v) is 12.7. The molecular weight excluding hydrogens is 292 g/mol. The van der Waals surface area contributed by atoms with E-state index >= 15 is 0 Å². The van der Waals surface area contributed by atoms with E-state index in [9.17, 15) is 0 Å². The zero-order valence-electron chi connectivity index (χ0n) is 11.9. The van der Waals surface area contributed by atoms with Gasteiger partial charge >= 0.3 is 0 Å². The highest BCUT2D eigenvalue weighted by Gasteiger charge is 2.29. The number of nitrogens with one attached hydrogen (secondary N) is 1. The van der Waals surface area contributed by atoms with Gasteiger partial charge in [-0.25, -0.2) is 4.98 Å². The van der Waals surface area contributed by atoms with Gasteiger partial charge in [-0.15, -0.1) is 0 Å². The van der Waals surface area contributed by atoms with E-state index in [1.165, 1.54) is 30.2 Å². The van der Waals surface area contributed by atoms with Gasteiger partial charge in [0.1, 0.15) is 12.7 Å². The summed E-state index contributed by atoms with van der Waals surface area (Å²) in [5.41, 5.74) is 0. The van der Waals surface area contributed by atoms with Gasteiger partial charge in [0.05, 0.1) is 0 Å². The van der Waals surface area contributed by atoms with Crippen molar-refractivity contribution in [2.24, 2.45) is 0 Å². The fraction of sp³-hybridized carbons (Fsp3) is 0.583. The van der Waals surface area contributed by atoms with E-state index in [4.69, 9.17) is 11.6 Å². The monoisotopic (exact) mass is 308 g/mol. The molecule has 1 fully saturated rings. The Morgan fingerprint density at radius 2 is 2.24 bits per heavy atom. The average Bonchev–Trinajstić information content (AvgIpc) is 3.17. The summed E-state index contributed by atoms with van der Waals surface area (Å²) in [4.78, 5) is 18.6. The van der Waals surface area contributed by atoms with Gasteiger partial charge in [0.2, 0.25) is 11.2 Å². The van der Waals surface area contributed by atoms with Gasteiger partial charge in [-0.2, -0.15) is 24.7 Å². The molecule has 1 atom stereocenters. The molecule has 2 aromatic rings. The van der Waals surface area contributed by atoms with Crippen LogP contribution in [0.25, 0.3) is 5.95 Å². The summed E-state index contributed by atoms with van der Waals surface area (Å²) in [6.45, 7) is 2.91.